The molecule has 0 radical (unpaired) electrons. The first-order chi connectivity index (χ1) is 8.24. The van der Waals surface area contributed by atoms with Gasteiger partial charge in [0.2, 0.25) is 0 Å². The zero-order valence-electron chi connectivity index (χ0n) is 9.42. The van der Waals surface area contributed by atoms with E-state index in [0.29, 0.717) is 0 Å². The van der Waals surface area contributed by atoms with Gasteiger partial charge in [0, 0.05) is 17.2 Å². The van der Waals surface area contributed by atoms with Crippen molar-refractivity contribution in [1.29, 1.82) is 0 Å². The molecule has 0 bridgehead atoms. The molecule has 98 valence electrons. The van der Waals surface area contributed by atoms with Crippen LogP contribution in [0.1, 0.15) is 6.92 Å². The monoisotopic (exact) mass is 274 g/mol. The Labute approximate surface area is 107 Å². The van der Waals surface area contributed by atoms with Crippen LogP contribution >= 0.6 is 11.6 Å². The number of carboxylic acids is 1. The Morgan fingerprint density at radius 2 is 2.28 bits per heavy atom. The smallest absolute Gasteiger partial charge is 0.326 e. The van der Waals surface area contributed by atoms with E-state index in [1.54, 1.807) is 0 Å². The Bertz CT molecular complexity index is 489. The molecular weight excluding hydrogens is 264 g/mol. The molecular formula is C10H11ClN2O5. The molecule has 1 aromatic carbocycles. The van der Waals surface area contributed by atoms with Gasteiger partial charge in [-0.05, 0) is 13.0 Å². The fourth-order valence-electron chi connectivity index (χ4n) is 1.04. The van der Waals surface area contributed by atoms with Crippen molar-refractivity contribution in [3.05, 3.63) is 33.3 Å². The maximum Gasteiger partial charge on any atom is 0.326 e. The summed E-state index contributed by atoms with van der Waals surface area (Å²) in [5.74, 6) is -1.39. The number of nitro groups is 1. The molecule has 0 spiro atoms. The molecule has 18 heavy (non-hydrogen) atoms. The lowest BCUT2D eigenvalue weighted by molar-refractivity contribution is -0.385. The summed E-state index contributed by atoms with van der Waals surface area (Å²) in [5.41, 5.74) is 3.50. The van der Waals surface area contributed by atoms with Gasteiger partial charge in [0.05, 0.1) is 4.92 Å². The lowest BCUT2D eigenvalue weighted by Crippen LogP contribution is -2.50. The number of nitro benzene ring substituents is 1. The first-order valence-corrected chi connectivity index (χ1v) is 5.21. The van der Waals surface area contributed by atoms with Crippen LogP contribution in [0.5, 0.6) is 5.75 Å². The van der Waals surface area contributed by atoms with Gasteiger partial charge in [0.15, 0.2) is 5.75 Å². The summed E-state index contributed by atoms with van der Waals surface area (Å²) in [6.07, 6.45) is 0. The van der Waals surface area contributed by atoms with Crippen molar-refractivity contribution in [3.8, 4) is 5.75 Å². The Morgan fingerprint density at radius 3 is 2.78 bits per heavy atom. The molecule has 0 saturated carbocycles. The molecule has 1 atom stereocenters. The summed E-state index contributed by atoms with van der Waals surface area (Å²) in [6.45, 7) is 0.829. The lowest BCUT2D eigenvalue weighted by Gasteiger charge is -2.19. The van der Waals surface area contributed by atoms with Crippen molar-refractivity contribution in [2.75, 3.05) is 6.61 Å². The van der Waals surface area contributed by atoms with Crippen LogP contribution in [0.4, 0.5) is 5.69 Å². The normalized spacial score (nSPS) is 13.7. The number of nitrogens with zero attached hydrogens (tertiary/aromatic N) is 1. The second kappa shape index (κ2) is 5.19. The van der Waals surface area contributed by atoms with E-state index >= 15 is 0 Å². The third-order valence-corrected chi connectivity index (χ3v) is 2.37. The summed E-state index contributed by atoms with van der Waals surface area (Å²) in [4.78, 5) is 20.8. The van der Waals surface area contributed by atoms with E-state index in [9.17, 15) is 14.9 Å². The standard InChI is InChI=1S/C10H11ClN2O5/c1-10(12,9(14)15)5-18-8-4-6(11)2-3-7(8)13(16)17/h2-4H,5,12H2,1H3,(H,14,15). The highest BCUT2D eigenvalue weighted by molar-refractivity contribution is 6.30. The fourth-order valence-corrected chi connectivity index (χ4v) is 1.21. The Hall–Kier alpha value is -1.86. The van der Waals surface area contributed by atoms with Crippen molar-refractivity contribution in [3.63, 3.8) is 0 Å². The summed E-state index contributed by atoms with van der Waals surface area (Å²) >= 11 is 5.68. The van der Waals surface area contributed by atoms with Gasteiger partial charge in [-0.1, -0.05) is 11.6 Å². The largest absolute Gasteiger partial charge is 0.484 e. The quantitative estimate of drug-likeness (QED) is 0.620. The van der Waals surface area contributed by atoms with E-state index in [4.69, 9.17) is 27.2 Å². The van der Waals surface area contributed by atoms with Crippen LogP contribution in [0, 0.1) is 10.1 Å². The van der Waals surface area contributed by atoms with Crippen LogP contribution in [0.3, 0.4) is 0 Å². The summed E-state index contributed by atoms with van der Waals surface area (Å²) < 4.78 is 5.07. The van der Waals surface area contributed by atoms with Crippen LogP contribution < -0.4 is 10.5 Å². The van der Waals surface area contributed by atoms with Gasteiger partial charge in [-0.25, -0.2) is 0 Å². The molecule has 1 rings (SSSR count). The van der Waals surface area contributed by atoms with Crippen molar-refractivity contribution < 1.29 is 19.6 Å². The summed E-state index contributed by atoms with van der Waals surface area (Å²) in [7, 11) is 0. The van der Waals surface area contributed by atoms with E-state index in [1.165, 1.54) is 25.1 Å². The van der Waals surface area contributed by atoms with E-state index in [0.717, 1.165) is 0 Å². The average Bonchev–Trinajstić information content (AvgIpc) is 2.26. The molecule has 3 N–H and O–H groups in total. The minimum Gasteiger partial charge on any atom is -0.484 e. The molecule has 0 saturated heterocycles. The first-order valence-electron chi connectivity index (χ1n) is 4.83. The van der Waals surface area contributed by atoms with Crippen molar-refractivity contribution in [2.24, 2.45) is 5.73 Å². The Kier molecular flexibility index (Phi) is 4.10. The number of nitrogens with two attached hydrogens (primary N) is 1. The topological polar surface area (TPSA) is 116 Å². The fraction of sp³-hybridized carbons (Fsp3) is 0.300. The second-order valence-electron chi connectivity index (χ2n) is 3.88. The molecule has 0 amide bonds. The SMILES string of the molecule is CC(N)(COc1cc(Cl)ccc1[N+](=O)[O-])C(=O)O. The molecule has 1 aromatic rings. The molecule has 0 aliphatic carbocycles. The highest BCUT2D eigenvalue weighted by atomic mass is 35.5. The maximum absolute atomic E-state index is 10.8. The first kappa shape index (κ1) is 14.2. The zero-order valence-corrected chi connectivity index (χ0v) is 10.2. The lowest BCUT2D eigenvalue weighted by atomic mass is 10.1. The highest BCUT2D eigenvalue weighted by Gasteiger charge is 2.30. The van der Waals surface area contributed by atoms with E-state index < -0.39 is 23.0 Å². The van der Waals surface area contributed by atoms with Gasteiger partial charge in [0.25, 0.3) is 0 Å². The van der Waals surface area contributed by atoms with E-state index in [1.807, 2.05) is 0 Å². The van der Waals surface area contributed by atoms with E-state index in [2.05, 4.69) is 0 Å². The van der Waals surface area contributed by atoms with Crippen LogP contribution in [-0.4, -0.2) is 28.1 Å². The predicted octanol–water partition coefficient (Wildman–Crippen LogP) is 1.43. The van der Waals surface area contributed by atoms with Crippen LogP contribution in [0.25, 0.3) is 0 Å². The number of carboxylic acid groups (broad SMARTS) is 1. The summed E-state index contributed by atoms with van der Waals surface area (Å²) in [5, 5.41) is 19.8. The Morgan fingerprint density at radius 1 is 1.67 bits per heavy atom. The number of benzene rings is 1. The van der Waals surface area contributed by atoms with E-state index in [-0.39, 0.29) is 16.5 Å². The van der Waals surface area contributed by atoms with Gasteiger partial charge in [0.1, 0.15) is 12.1 Å². The van der Waals surface area contributed by atoms with Crippen molar-refractivity contribution in [1.82, 2.24) is 0 Å². The van der Waals surface area contributed by atoms with Gasteiger partial charge in [-0.3, -0.25) is 14.9 Å². The molecule has 7 nitrogen and oxygen atoms in total. The molecule has 0 aliphatic heterocycles. The minimum atomic E-state index is -1.64. The average molecular weight is 275 g/mol. The number of halogens is 1. The third kappa shape index (κ3) is 3.31. The number of rotatable bonds is 5. The van der Waals surface area contributed by atoms with Crippen molar-refractivity contribution in [2.45, 2.75) is 12.5 Å². The predicted molar refractivity (Wildman–Crippen MR) is 63.8 cm³/mol. The van der Waals surface area contributed by atoms with Crippen LogP contribution in [0.15, 0.2) is 18.2 Å². The number of carbonyl (C=O) groups is 1. The molecule has 0 fully saturated rings. The minimum absolute atomic E-state index is 0.120. The maximum atomic E-state index is 10.8. The molecule has 0 heterocycles. The van der Waals surface area contributed by atoms with Gasteiger partial charge >= 0.3 is 11.7 Å². The third-order valence-electron chi connectivity index (χ3n) is 2.13. The number of aliphatic carboxylic acids is 1. The number of hydrogen-bond acceptors (Lipinski definition) is 5. The summed E-state index contributed by atoms with van der Waals surface area (Å²) in [6, 6.07) is 3.75. The van der Waals surface area contributed by atoms with Crippen molar-refractivity contribution >= 4 is 23.3 Å². The number of ether oxygens (including phenoxy) is 1. The second-order valence-corrected chi connectivity index (χ2v) is 4.32. The molecule has 8 heteroatoms. The number of hydrogen-bond donors (Lipinski definition) is 2. The molecule has 1 unspecified atom stereocenters. The van der Waals surface area contributed by atoms with Gasteiger partial charge in [-0.15, -0.1) is 0 Å². The van der Waals surface area contributed by atoms with Crippen LogP contribution in [0.2, 0.25) is 5.02 Å². The van der Waals surface area contributed by atoms with Gasteiger partial charge < -0.3 is 15.6 Å². The zero-order chi connectivity index (χ0) is 13.9. The highest BCUT2D eigenvalue weighted by Crippen LogP contribution is 2.30. The Balaban J connectivity index is 2.94. The molecule has 0 aliphatic rings. The van der Waals surface area contributed by atoms with Crippen LogP contribution in [-0.2, 0) is 4.79 Å². The van der Waals surface area contributed by atoms with Gasteiger partial charge in [-0.2, -0.15) is 0 Å². The molecule has 0 aromatic heterocycles.